The number of hydrogen-bond acceptors (Lipinski definition) is 3. The highest BCUT2D eigenvalue weighted by molar-refractivity contribution is 6.30. The third kappa shape index (κ3) is 3.06. The highest BCUT2D eigenvalue weighted by atomic mass is 35.5. The lowest BCUT2D eigenvalue weighted by molar-refractivity contribution is 0.692. The van der Waals surface area contributed by atoms with Crippen molar-refractivity contribution in [2.75, 3.05) is 0 Å². The molecule has 0 unspecified atom stereocenters. The number of halogens is 1. The molecule has 0 aliphatic rings. The number of pyridine rings is 1. The van der Waals surface area contributed by atoms with E-state index < -0.39 is 0 Å². The van der Waals surface area contributed by atoms with Crippen molar-refractivity contribution in [1.82, 2.24) is 20.1 Å². The molecule has 0 fully saturated rings. The molecule has 108 valence electrons. The number of nitrogens with zero attached hydrogens (tertiary/aromatic N) is 3. The highest BCUT2D eigenvalue weighted by Gasteiger charge is 2.06. The fourth-order valence-corrected chi connectivity index (χ4v) is 2.66. The van der Waals surface area contributed by atoms with Crippen LogP contribution in [0.3, 0.4) is 0 Å². The van der Waals surface area contributed by atoms with E-state index in [1.807, 2.05) is 43.0 Å². The molecule has 5 heteroatoms. The predicted octanol–water partition coefficient (Wildman–Crippen LogP) is 3.22. The van der Waals surface area contributed by atoms with E-state index in [1.165, 1.54) is 5.56 Å². The molecule has 0 spiro atoms. The largest absolute Gasteiger partial charge is 0.309 e. The molecule has 0 aliphatic carbocycles. The molecule has 2 heterocycles. The minimum absolute atomic E-state index is 0.767. The Hall–Kier alpha value is -1.91. The van der Waals surface area contributed by atoms with Gasteiger partial charge in [-0.1, -0.05) is 23.7 Å². The molecule has 0 bridgehead atoms. The lowest BCUT2D eigenvalue weighted by Gasteiger charge is -2.06. The van der Waals surface area contributed by atoms with Crippen molar-refractivity contribution < 1.29 is 0 Å². The number of nitrogens with one attached hydrogen (secondary N) is 1. The molecule has 2 aromatic heterocycles. The standard InChI is InChI=1S/C16H17ClN4/c1-11-15-7-13(10-19-16(15)21(2)20-11)9-18-8-12-4-3-5-14(17)6-12/h3-7,10,18H,8-9H2,1-2H3. The molecule has 1 N–H and O–H groups in total. The molecule has 0 radical (unpaired) electrons. The van der Waals surface area contributed by atoms with Crippen LogP contribution in [0.15, 0.2) is 36.5 Å². The Morgan fingerprint density at radius 2 is 2.00 bits per heavy atom. The van der Waals surface area contributed by atoms with Gasteiger partial charge in [-0.3, -0.25) is 4.68 Å². The predicted molar refractivity (Wildman–Crippen MR) is 85.2 cm³/mol. The van der Waals surface area contributed by atoms with Crippen LogP contribution in [0.4, 0.5) is 0 Å². The average Bonchev–Trinajstić information content (AvgIpc) is 2.74. The molecule has 0 atom stereocenters. The average molecular weight is 301 g/mol. The van der Waals surface area contributed by atoms with Crippen molar-refractivity contribution in [3.05, 3.63) is 58.4 Å². The summed E-state index contributed by atoms with van der Waals surface area (Å²) in [5.41, 5.74) is 4.26. The smallest absolute Gasteiger partial charge is 0.157 e. The first kappa shape index (κ1) is 14.0. The highest BCUT2D eigenvalue weighted by Crippen LogP contribution is 2.16. The summed E-state index contributed by atoms with van der Waals surface area (Å²) >= 11 is 5.98. The van der Waals surface area contributed by atoms with E-state index in [-0.39, 0.29) is 0 Å². The van der Waals surface area contributed by atoms with Crippen molar-refractivity contribution in [2.45, 2.75) is 20.0 Å². The summed E-state index contributed by atoms with van der Waals surface area (Å²) in [6.07, 6.45) is 1.90. The van der Waals surface area contributed by atoms with Crippen molar-refractivity contribution in [1.29, 1.82) is 0 Å². The summed E-state index contributed by atoms with van der Waals surface area (Å²) < 4.78 is 1.81. The van der Waals surface area contributed by atoms with Gasteiger partial charge in [-0.2, -0.15) is 5.10 Å². The van der Waals surface area contributed by atoms with Crippen molar-refractivity contribution in [3.8, 4) is 0 Å². The van der Waals surface area contributed by atoms with Gasteiger partial charge < -0.3 is 5.32 Å². The molecule has 3 rings (SSSR count). The molecule has 0 aliphatic heterocycles. The van der Waals surface area contributed by atoms with Gasteiger partial charge >= 0.3 is 0 Å². The Labute approximate surface area is 128 Å². The van der Waals surface area contributed by atoms with Gasteiger partial charge in [0.1, 0.15) is 0 Å². The van der Waals surface area contributed by atoms with Crippen LogP contribution in [0.5, 0.6) is 0 Å². The molecule has 4 nitrogen and oxygen atoms in total. The molecule has 21 heavy (non-hydrogen) atoms. The van der Waals surface area contributed by atoms with Crippen molar-refractivity contribution in [3.63, 3.8) is 0 Å². The van der Waals surface area contributed by atoms with Crippen LogP contribution < -0.4 is 5.32 Å². The quantitative estimate of drug-likeness (QED) is 0.804. The molecule has 0 amide bonds. The fourth-order valence-electron chi connectivity index (χ4n) is 2.45. The Morgan fingerprint density at radius 3 is 2.81 bits per heavy atom. The monoisotopic (exact) mass is 300 g/mol. The van der Waals surface area contributed by atoms with Gasteiger partial charge in [0, 0.05) is 36.7 Å². The third-order valence-corrected chi connectivity index (χ3v) is 3.70. The van der Waals surface area contributed by atoms with E-state index in [1.54, 1.807) is 0 Å². The lowest BCUT2D eigenvalue weighted by atomic mass is 10.2. The number of rotatable bonds is 4. The normalized spacial score (nSPS) is 11.2. The van der Waals surface area contributed by atoms with Crippen LogP contribution in [0.25, 0.3) is 11.0 Å². The first-order valence-electron chi connectivity index (χ1n) is 6.87. The van der Waals surface area contributed by atoms with E-state index in [2.05, 4.69) is 27.5 Å². The van der Waals surface area contributed by atoms with Gasteiger partial charge in [0.2, 0.25) is 0 Å². The van der Waals surface area contributed by atoms with Crippen LogP contribution in [0, 0.1) is 6.92 Å². The number of fused-ring (bicyclic) bond motifs is 1. The van der Waals surface area contributed by atoms with Crippen molar-refractivity contribution in [2.24, 2.45) is 7.05 Å². The Bertz CT molecular complexity index is 779. The van der Waals surface area contributed by atoms with E-state index in [0.29, 0.717) is 0 Å². The second kappa shape index (κ2) is 5.84. The first-order chi connectivity index (χ1) is 10.1. The summed E-state index contributed by atoms with van der Waals surface area (Å²) in [6.45, 7) is 3.56. The second-order valence-corrected chi connectivity index (χ2v) is 5.59. The van der Waals surface area contributed by atoms with Gasteiger partial charge in [0.05, 0.1) is 5.69 Å². The molecular formula is C16H17ClN4. The Balaban J connectivity index is 1.69. The Kier molecular flexibility index (Phi) is 3.90. The molecule has 3 aromatic rings. The second-order valence-electron chi connectivity index (χ2n) is 5.16. The maximum Gasteiger partial charge on any atom is 0.157 e. The minimum atomic E-state index is 0.767. The summed E-state index contributed by atoms with van der Waals surface area (Å²) in [6, 6.07) is 10.0. The molecular weight excluding hydrogens is 284 g/mol. The molecule has 0 saturated heterocycles. The lowest BCUT2D eigenvalue weighted by Crippen LogP contribution is -2.12. The summed E-state index contributed by atoms with van der Waals surface area (Å²) in [4.78, 5) is 4.48. The van der Waals surface area contributed by atoms with Crippen LogP contribution >= 0.6 is 11.6 Å². The van der Waals surface area contributed by atoms with Crippen molar-refractivity contribution >= 4 is 22.6 Å². The molecule has 0 saturated carbocycles. The first-order valence-corrected chi connectivity index (χ1v) is 7.24. The minimum Gasteiger partial charge on any atom is -0.309 e. The SMILES string of the molecule is Cc1nn(C)c2ncc(CNCc3cccc(Cl)c3)cc12. The summed E-state index contributed by atoms with van der Waals surface area (Å²) in [5.74, 6) is 0. The zero-order chi connectivity index (χ0) is 14.8. The van der Waals surface area contributed by atoms with E-state index >= 15 is 0 Å². The molecule has 1 aromatic carbocycles. The van der Waals surface area contributed by atoms with E-state index in [0.717, 1.165) is 40.4 Å². The van der Waals surface area contributed by atoms with Gasteiger partial charge in [-0.25, -0.2) is 4.98 Å². The van der Waals surface area contributed by atoms with Crippen LogP contribution in [-0.4, -0.2) is 14.8 Å². The number of hydrogen-bond donors (Lipinski definition) is 1. The summed E-state index contributed by atoms with van der Waals surface area (Å²) in [5, 5.41) is 9.68. The summed E-state index contributed by atoms with van der Waals surface area (Å²) in [7, 11) is 1.92. The zero-order valence-corrected chi connectivity index (χ0v) is 12.9. The van der Waals surface area contributed by atoms with E-state index in [4.69, 9.17) is 11.6 Å². The fraction of sp³-hybridized carbons (Fsp3) is 0.250. The Morgan fingerprint density at radius 1 is 1.19 bits per heavy atom. The van der Waals surface area contributed by atoms with Gasteiger partial charge in [0.15, 0.2) is 5.65 Å². The van der Waals surface area contributed by atoms with E-state index in [9.17, 15) is 0 Å². The zero-order valence-electron chi connectivity index (χ0n) is 12.1. The van der Waals surface area contributed by atoms with Gasteiger partial charge in [0.25, 0.3) is 0 Å². The maximum absolute atomic E-state index is 5.98. The number of benzene rings is 1. The van der Waals surface area contributed by atoms with Crippen LogP contribution in [0.1, 0.15) is 16.8 Å². The van der Waals surface area contributed by atoms with Crippen LogP contribution in [-0.2, 0) is 20.1 Å². The number of aromatic nitrogens is 3. The third-order valence-electron chi connectivity index (χ3n) is 3.47. The number of aryl methyl sites for hydroxylation is 2. The maximum atomic E-state index is 5.98. The van der Waals surface area contributed by atoms with Crippen LogP contribution in [0.2, 0.25) is 5.02 Å². The van der Waals surface area contributed by atoms with Gasteiger partial charge in [-0.05, 0) is 36.2 Å². The van der Waals surface area contributed by atoms with Gasteiger partial charge in [-0.15, -0.1) is 0 Å². The topological polar surface area (TPSA) is 42.7 Å².